The Labute approximate surface area is 124 Å². The van der Waals surface area contributed by atoms with Gasteiger partial charge in [0, 0.05) is 5.02 Å². The Balaban J connectivity index is 1.95. The molecule has 1 heterocycles. The molecule has 0 aliphatic rings. The van der Waals surface area contributed by atoms with Crippen molar-refractivity contribution in [1.29, 1.82) is 0 Å². The summed E-state index contributed by atoms with van der Waals surface area (Å²) in [7, 11) is 0. The second kappa shape index (κ2) is 6.62. The fourth-order valence-corrected chi connectivity index (χ4v) is 1.69. The number of amidine groups is 1. The summed E-state index contributed by atoms with van der Waals surface area (Å²) in [6.07, 6.45) is 1.32. The number of nitrogens with zero attached hydrogens (tertiary/aromatic N) is 2. The number of halogens is 1. The average molecular weight is 310 g/mol. The van der Waals surface area contributed by atoms with E-state index in [9.17, 15) is 4.79 Å². The van der Waals surface area contributed by atoms with Gasteiger partial charge in [-0.05, 0) is 18.2 Å². The zero-order valence-electron chi connectivity index (χ0n) is 10.7. The molecule has 0 fully saturated rings. The van der Waals surface area contributed by atoms with Crippen LogP contribution in [-0.2, 0) is 4.79 Å². The number of carbonyl (C=O) groups is 1. The van der Waals surface area contributed by atoms with Crippen molar-refractivity contribution in [2.45, 2.75) is 0 Å². The fraction of sp³-hybridized carbons (Fsp3) is 0.0833. The van der Waals surface area contributed by atoms with Crippen molar-refractivity contribution in [2.75, 3.05) is 11.9 Å². The first-order chi connectivity index (χ1) is 10.1. The van der Waals surface area contributed by atoms with Crippen molar-refractivity contribution in [1.82, 2.24) is 10.2 Å². The Morgan fingerprint density at radius 2 is 2.38 bits per heavy atom. The summed E-state index contributed by atoms with van der Waals surface area (Å²) in [4.78, 5) is 11.8. The average Bonchev–Trinajstić information content (AvgIpc) is 2.92. The van der Waals surface area contributed by atoms with Gasteiger partial charge in [0.2, 0.25) is 0 Å². The molecule has 2 aromatic rings. The van der Waals surface area contributed by atoms with Crippen LogP contribution in [0, 0.1) is 0 Å². The van der Waals surface area contributed by atoms with E-state index in [-0.39, 0.29) is 23.8 Å². The van der Waals surface area contributed by atoms with E-state index in [1.54, 1.807) is 24.3 Å². The third-order valence-electron chi connectivity index (χ3n) is 2.45. The molecule has 21 heavy (non-hydrogen) atoms. The molecule has 0 saturated carbocycles. The number of carbonyl (C=O) groups excluding carboxylic acids is 1. The minimum Gasteiger partial charge on any atom is -0.484 e. The molecular weight excluding hydrogens is 298 g/mol. The van der Waals surface area contributed by atoms with Crippen LogP contribution in [0.15, 0.2) is 35.6 Å². The Hall–Kier alpha value is -2.74. The van der Waals surface area contributed by atoms with Crippen LogP contribution in [0.4, 0.5) is 5.82 Å². The maximum Gasteiger partial charge on any atom is 0.263 e. The predicted molar refractivity (Wildman–Crippen MR) is 76.7 cm³/mol. The highest BCUT2D eigenvalue weighted by Gasteiger charge is 2.12. The molecule has 9 heteroatoms. The van der Waals surface area contributed by atoms with Crippen LogP contribution in [0.5, 0.6) is 5.75 Å². The Bertz CT molecular complexity index is 670. The number of aromatic amines is 1. The zero-order chi connectivity index (χ0) is 15.2. The lowest BCUT2D eigenvalue weighted by Gasteiger charge is -2.07. The fourth-order valence-electron chi connectivity index (χ4n) is 1.51. The molecule has 8 nitrogen and oxygen atoms in total. The van der Waals surface area contributed by atoms with Gasteiger partial charge in [0.25, 0.3) is 5.91 Å². The van der Waals surface area contributed by atoms with Crippen molar-refractivity contribution < 1.29 is 14.7 Å². The molecule has 110 valence electrons. The van der Waals surface area contributed by atoms with Gasteiger partial charge >= 0.3 is 0 Å². The summed E-state index contributed by atoms with van der Waals surface area (Å²) in [5.74, 6) is 0.0740. The topological polar surface area (TPSA) is 126 Å². The van der Waals surface area contributed by atoms with Crippen LogP contribution < -0.4 is 15.8 Å². The van der Waals surface area contributed by atoms with Gasteiger partial charge in [-0.3, -0.25) is 9.89 Å². The summed E-state index contributed by atoms with van der Waals surface area (Å²) >= 11 is 5.80. The number of rotatable bonds is 5. The van der Waals surface area contributed by atoms with Crippen LogP contribution in [0.25, 0.3) is 0 Å². The number of ether oxygens (including phenoxy) is 1. The van der Waals surface area contributed by atoms with E-state index in [4.69, 9.17) is 27.3 Å². The summed E-state index contributed by atoms with van der Waals surface area (Å²) in [6, 6.07) is 6.67. The lowest BCUT2D eigenvalue weighted by molar-refractivity contribution is -0.118. The molecule has 1 amide bonds. The van der Waals surface area contributed by atoms with Crippen molar-refractivity contribution in [2.24, 2.45) is 10.9 Å². The molecule has 0 spiro atoms. The number of hydrogen-bond donors (Lipinski definition) is 4. The molecule has 1 aromatic carbocycles. The normalized spacial score (nSPS) is 11.2. The number of H-pyrrole nitrogens is 1. The lowest BCUT2D eigenvalue weighted by Crippen LogP contribution is -2.23. The number of hydrogen-bond acceptors (Lipinski definition) is 5. The van der Waals surface area contributed by atoms with E-state index in [1.165, 1.54) is 6.20 Å². The molecule has 0 radical (unpaired) electrons. The van der Waals surface area contributed by atoms with Crippen LogP contribution in [0.2, 0.25) is 5.02 Å². The molecule has 0 unspecified atom stereocenters. The van der Waals surface area contributed by atoms with Crippen molar-refractivity contribution >= 4 is 29.2 Å². The quantitative estimate of drug-likeness (QED) is 0.285. The maximum absolute atomic E-state index is 11.8. The van der Waals surface area contributed by atoms with E-state index >= 15 is 0 Å². The minimum absolute atomic E-state index is 0.171. The van der Waals surface area contributed by atoms with Crippen molar-refractivity contribution in [3.8, 4) is 5.75 Å². The van der Waals surface area contributed by atoms with E-state index < -0.39 is 5.91 Å². The Morgan fingerprint density at radius 3 is 3.10 bits per heavy atom. The first-order valence-corrected chi connectivity index (χ1v) is 6.17. The highest BCUT2D eigenvalue weighted by atomic mass is 35.5. The monoisotopic (exact) mass is 309 g/mol. The van der Waals surface area contributed by atoms with E-state index in [1.807, 2.05) is 0 Å². The predicted octanol–water partition coefficient (Wildman–Crippen LogP) is 1.18. The number of anilines is 1. The first-order valence-electron chi connectivity index (χ1n) is 5.79. The third kappa shape index (κ3) is 3.86. The minimum atomic E-state index is -0.439. The zero-order valence-corrected chi connectivity index (χ0v) is 11.5. The van der Waals surface area contributed by atoms with Gasteiger partial charge in [-0.15, -0.1) is 0 Å². The van der Waals surface area contributed by atoms with Crippen LogP contribution in [-0.4, -0.2) is 33.8 Å². The SMILES string of the molecule is NC(=NO)c1cn[nH]c1NC(=O)COc1cccc(Cl)c1. The van der Waals surface area contributed by atoms with Gasteiger partial charge in [-0.2, -0.15) is 5.10 Å². The molecule has 0 bridgehead atoms. The number of aromatic nitrogens is 2. The molecular formula is C12H12ClN5O3. The van der Waals surface area contributed by atoms with Gasteiger partial charge in [-0.1, -0.05) is 22.8 Å². The molecule has 5 N–H and O–H groups in total. The van der Waals surface area contributed by atoms with Crippen LogP contribution >= 0.6 is 11.6 Å². The van der Waals surface area contributed by atoms with Gasteiger partial charge in [0.05, 0.1) is 11.8 Å². The molecule has 0 saturated heterocycles. The summed E-state index contributed by atoms with van der Waals surface area (Å²) in [5.41, 5.74) is 5.71. The van der Waals surface area contributed by atoms with Gasteiger partial charge in [0.15, 0.2) is 12.4 Å². The molecule has 0 aliphatic carbocycles. The maximum atomic E-state index is 11.8. The number of amides is 1. The molecule has 2 rings (SSSR count). The molecule has 0 aliphatic heterocycles. The summed E-state index contributed by atoms with van der Waals surface area (Å²) in [5, 5.41) is 20.7. The van der Waals surface area contributed by atoms with E-state index in [0.29, 0.717) is 10.8 Å². The smallest absolute Gasteiger partial charge is 0.263 e. The Morgan fingerprint density at radius 1 is 1.57 bits per heavy atom. The highest BCUT2D eigenvalue weighted by Crippen LogP contribution is 2.17. The van der Waals surface area contributed by atoms with E-state index in [0.717, 1.165) is 0 Å². The van der Waals surface area contributed by atoms with Gasteiger partial charge < -0.3 is 21.0 Å². The Kier molecular flexibility index (Phi) is 4.62. The number of nitrogens with one attached hydrogen (secondary N) is 2. The second-order valence-electron chi connectivity index (χ2n) is 3.94. The summed E-state index contributed by atoms with van der Waals surface area (Å²) in [6.45, 7) is -0.227. The second-order valence-corrected chi connectivity index (χ2v) is 4.37. The van der Waals surface area contributed by atoms with Crippen molar-refractivity contribution in [3.05, 3.63) is 41.0 Å². The lowest BCUT2D eigenvalue weighted by atomic mass is 10.3. The summed E-state index contributed by atoms with van der Waals surface area (Å²) < 4.78 is 5.28. The molecule has 1 aromatic heterocycles. The highest BCUT2D eigenvalue weighted by molar-refractivity contribution is 6.30. The molecule has 0 atom stereocenters. The van der Waals surface area contributed by atoms with Gasteiger partial charge in [0.1, 0.15) is 11.6 Å². The van der Waals surface area contributed by atoms with Crippen molar-refractivity contribution in [3.63, 3.8) is 0 Å². The first kappa shape index (κ1) is 14.7. The largest absolute Gasteiger partial charge is 0.484 e. The van der Waals surface area contributed by atoms with Gasteiger partial charge in [-0.25, -0.2) is 0 Å². The number of nitrogens with two attached hydrogens (primary N) is 1. The number of oxime groups is 1. The third-order valence-corrected chi connectivity index (χ3v) is 2.69. The van der Waals surface area contributed by atoms with Crippen LogP contribution in [0.1, 0.15) is 5.56 Å². The van der Waals surface area contributed by atoms with Crippen LogP contribution in [0.3, 0.4) is 0 Å². The number of benzene rings is 1. The standard InChI is InChI=1S/C12H12ClN5O3/c13-7-2-1-3-8(4-7)21-6-10(19)16-12-9(5-15-17-12)11(14)18-20/h1-5,20H,6H2,(H2,14,18)(H2,15,16,17,19). The van der Waals surface area contributed by atoms with E-state index in [2.05, 4.69) is 20.7 Å².